The molecule has 0 aromatic carbocycles. The van der Waals surface area contributed by atoms with Crippen molar-refractivity contribution >= 4 is 11.3 Å². The first kappa shape index (κ1) is 13.0. The van der Waals surface area contributed by atoms with Crippen LogP contribution in [0.5, 0.6) is 0 Å². The third-order valence-electron chi connectivity index (χ3n) is 3.18. The Morgan fingerprint density at radius 1 is 1.59 bits per heavy atom. The number of aliphatic hydroxyl groups excluding tert-OH is 1. The summed E-state index contributed by atoms with van der Waals surface area (Å²) in [5.74, 6) is 0. The number of nitrogens with zero attached hydrogens (tertiary/aromatic N) is 2. The summed E-state index contributed by atoms with van der Waals surface area (Å²) >= 11 is 1.67. The predicted octanol–water partition coefficient (Wildman–Crippen LogP) is 0.994. The molecule has 1 saturated heterocycles. The van der Waals surface area contributed by atoms with Crippen LogP contribution in [-0.4, -0.2) is 53.9 Å². The van der Waals surface area contributed by atoms with E-state index in [0.29, 0.717) is 13.0 Å². The fourth-order valence-corrected chi connectivity index (χ4v) is 2.96. The SMILES string of the molecule is Cc1nc(CC(O)C2CN(C)CCO2)sc1C. The molecule has 4 nitrogen and oxygen atoms in total. The number of rotatable bonds is 3. The molecular weight excluding hydrogens is 236 g/mol. The molecule has 5 heteroatoms. The highest BCUT2D eigenvalue weighted by Gasteiger charge is 2.26. The summed E-state index contributed by atoms with van der Waals surface area (Å²) in [5, 5.41) is 11.2. The number of thiazole rings is 1. The van der Waals surface area contributed by atoms with Gasteiger partial charge in [0, 0.05) is 24.4 Å². The summed E-state index contributed by atoms with van der Waals surface area (Å²) < 4.78 is 5.60. The molecule has 1 aromatic heterocycles. The maximum Gasteiger partial charge on any atom is 0.0965 e. The van der Waals surface area contributed by atoms with Crippen LogP contribution in [0, 0.1) is 13.8 Å². The van der Waals surface area contributed by atoms with Crippen molar-refractivity contribution in [2.45, 2.75) is 32.5 Å². The van der Waals surface area contributed by atoms with Crippen molar-refractivity contribution in [3.63, 3.8) is 0 Å². The van der Waals surface area contributed by atoms with Gasteiger partial charge in [-0.2, -0.15) is 0 Å². The molecule has 0 bridgehead atoms. The van der Waals surface area contributed by atoms with Gasteiger partial charge in [-0.3, -0.25) is 0 Å². The fraction of sp³-hybridized carbons (Fsp3) is 0.750. The molecule has 2 heterocycles. The van der Waals surface area contributed by atoms with Gasteiger partial charge in [-0.05, 0) is 20.9 Å². The van der Waals surface area contributed by atoms with Crippen molar-refractivity contribution < 1.29 is 9.84 Å². The standard InChI is InChI=1S/C12H20N2O2S/c1-8-9(2)17-12(13-8)6-10(15)11-7-14(3)4-5-16-11/h10-11,15H,4-7H2,1-3H3. The highest BCUT2D eigenvalue weighted by Crippen LogP contribution is 2.20. The molecule has 1 aliphatic rings. The van der Waals surface area contributed by atoms with Gasteiger partial charge >= 0.3 is 0 Å². The van der Waals surface area contributed by atoms with Crippen LogP contribution in [0.3, 0.4) is 0 Å². The van der Waals surface area contributed by atoms with Crippen LogP contribution in [0.4, 0.5) is 0 Å². The van der Waals surface area contributed by atoms with Gasteiger partial charge in [-0.1, -0.05) is 0 Å². The Kier molecular flexibility index (Phi) is 4.14. The molecule has 1 aromatic rings. The van der Waals surface area contributed by atoms with E-state index in [4.69, 9.17) is 4.74 Å². The van der Waals surface area contributed by atoms with Gasteiger partial charge in [0.25, 0.3) is 0 Å². The molecule has 0 spiro atoms. The van der Waals surface area contributed by atoms with Crippen LogP contribution < -0.4 is 0 Å². The van der Waals surface area contributed by atoms with Gasteiger partial charge < -0.3 is 14.7 Å². The molecule has 0 aliphatic carbocycles. The third-order valence-corrected chi connectivity index (χ3v) is 4.28. The van der Waals surface area contributed by atoms with E-state index in [1.807, 2.05) is 6.92 Å². The number of likely N-dealkylation sites (N-methyl/N-ethyl adjacent to an activating group) is 1. The number of aromatic nitrogens is 1. The second-order valence-corrected chi connectivity index (χ2v) is 5.98. The molecule has 1 aliphatic heterocycles. The van der Waals surface area contributed by atoms with Crippen molar-refractivity contribution in [1.29, 1.82) is 0 Å². The molecule has 17 heavy (non-hydrogen) atoms. The average Bonchev–Trinajstić information content (AvgIpc) is 2.58. The summed E-state index contributed by atoms with van der Waals surface area (Å²) in [6.45, 7) is 6.51. The Labute approximate surface area is 106 Å². The second-order valence-electron chi connectivity index (χ2n) is 4.69. The number of ether oxygens (including phenoxy) is 1. The Morgan fingerprint density at radius 2 is 2.35 bits per heavy atom. The molecule has 1 fully saturated rings. The number of aliphatic hydroxyl groups is 1. The van der Waals surface area contributed by atoms with Crippen molar-refractivity contribution in [2.24, 2.45) is 0 Å². The summed E-state index contributed by atoms with van der Waals surface area (Å²) in [7, 11) is 2.06. The minimum atomic E-state index is -0.456. The van der Waals surface area contributed by atoms with Gasteiger partial charge in [0.15, 0.2) is 0 Å². The third kappa shape index (κ3) is 3.25. The quantitative estimate of drug-likeness (QED) is 0.876. The Hall–Kier alpha value is -0.490. The normalized spacial score (nSPS) is 23.9. The fourth-order valence-electron chi connectivity index (χ4n) is 1.98. The first-order valence-electron chi connectivity index (χ1n) is 5.97. The number of morpholine rings is 1. The van der Waals surface area contributed by atoms with Crippen molar-refractivity contribution in [2.75, 3.05) is 26.7 Å². The Morgan fingerprint density at radius 3 is 2.94 bits per heavy atom. The Balaban J connectivity index is 1.94. The summed E-state index contributed by atoms with van der Waals surface area (Å²) in [5.41, 5.74) is 1.07. The number of hydrogen-bond donors (Lipinski definition) is 1. The van der Waals surface area contributed by atoms with Crippen molar-refractivity contribution in [3.8, 4) is 0 Å². The van der Waals surface area contributed by atoms with Crippen LogP contribution in [-0.2, 0) is 11.2 Å². The van der Waals surface area contributed by atoms with E-state index in [1.54, 1.807) is 11.3 Å². The lowest BCUT2D eigenvalue weighted by Gasteiger charge is -2.32. The van der Waals surface area contributed by atoms with Crippen molar-refractivity contribution in [1.82, 2.24) is 9.88 Å². The van der Waals surface area contributed by atoms with Gasteiger partial charge in [0.2, 0.25) is 0 Å². The first-order valence-corrected chi connectivity index (χ1v) is 6.79. The van der Waals surface area contributed by atoms with Crippen molar-refractivity contribution in [3.05, 3.63) is 15.6 Å². The van der Waals surface area contributed by atoms with E-state index in [0.717, 1.165) is 23.8 Å². The van der Waals surface area contributed by atoms with Gasteiger partial charge in [0.1, 0.15) is 0 Å². The van der Waals surface area contributed by atoms with E-state index < -0.39 is 6.10 Å². The van der Waals surface area contributed by atoms with E-state index in [2.05, 4.69) is 23.9 Å². The maximum atomic E-state index is 10.2. The molecule has 0 radical (unpaired) electrons. The molecular formula is C12H20N2O2S. The molecule has 1 N–H and O–H groups in total. The highest BCUT2D eigenvalue weighted by atomic mass is 32.1. The predicted molar refractivity (Wildman–Crippen MR) is 68.5 cm³/mol. The molecule has 96 valence electrons. The smallest absolute Gasteiger partial charge is 0.0965 e. The van der Waals surface area contributed by atoms with E-state index in [9.17, 15) is 5.11 Å². The number of aryl methyl sites for hydroxylation is 2. The highest BCUT2D eigenvalue weighted by molar-refractivity contribution is 7.11. The molecule has 0 saturated carbocycles. The van der Waals surface area contributed by atoms with Crippen LogP contribution in [0.25, 0.3) is 0 Å². The van der Waals surface area contributed by atoms with Crippen LogP contribution in [0.15, 0.2) is 0 Å². The minimum Gasteiger partial charge on any atom is -0.390 e. The molecule has 0 amide bonds. The largest absolute Gasteiger partial charge is 0.390 e. The van der Waals surface area contributed by atoms with Crippen LogP contribution >= 0.6 is 11.3 Å². The Bertz CT molecular complexity index is 361. The minimum absolute atomic E-state index is 0.0849. The van der Waals surface area contributed by atoms with E-state index >= 15 is 0 Å². The average molecular weight is 256 g/mol. The molecule has 2 atom stereocenters. The summed E-state index contributed by atoms with van der Waals surface area (Å²) in [6.07, 6.45) is 0.0543. The lowest BCUT2D eigenvalue weighted by atomic mass is 10.1. The van der Waals surface area contributed by atoms with Gasteiger partial charge in [-0.25, -0.2) is 4.98 Å². The monoisotopic (exact) mass is 256 g/mol. The lowest BCUT2D eigenvalue weighted by Crippen LogP contribution is -2.46. The van der Waals surface area contributed by atoms with E-state index in [-0.39, 0.29) is 6.10 Å². The second kappa shape index (κ2) is 5.44. The topological polar surface area (TPSA) is 45.6 Å². The van der Waals surface area contributed by atoms with Gasteiger partial charge in [0.05, 0.1) is 29.5 Å². The van der Waals surface area contributed by atoms with Crippen LogP contribution in [0.1, 0.15) is 15.6 Å². The lowest BCUT2D eigenvalue weighted by molar-refractivity contribution is -0.0823. The molecule has 2 unspecified atom stereocenters. The van der Waals surface area contributed by atoms with E-state index in [1.165, 1.54) is 4.88 Å². The zero-order valence-corrected chi connectivity index (χ0v) is 11.5. The zero-order valence-electron chi connectivity index (χ0n) is 10.6. The summed E-state index contributed by atoms with van der Waals surface area (Å²) in [6, 6.07) is 0. The zero-order chi connectivity index (χ0) is 12.4. The summed E-state index contributed by atoms with van der Waals surface area (Å²) in [4.78, 5) is 7.87. The first-order chi connectivity index (χ1) is 8.06. The van der Waals surface area contributed by atoms with Crippen LogP contribution in [0.2, 0.25) is 0 Å². The van der Waals surface area contributed by atoms with Gasteiger partial charge in [-0.15, -0.1) is 11.3 Å². The molecule has 2 rings (SSSR count). The number of hydrogen-bond acceptors (Lipinski definition) is 5. The maximum absolute atomic E-state index is 10.2.